The fraction of sp³-hybridized carbons (Fsp3) is 0.750. The van der Waals surface area contributed by atoms with E-state index in [2.05, 4.69) is 20.4 Å². The maximum Gasteiger partial charge on any atom is 0.330 e. The molecule has 0 atom stereocenters. The van der Waals surface area contributed by atoms with Gasteiger partial charge in [0.2, 0.25) is 0 Å². The van der Waals surface area contributed by atoms with Crippen LogP contribution >= 0.6 is 0 Å². The van der Waals surface area contributed by atoms with Gasteiger partial charge in [0.15, 0.2) is 0 Å². The lowest BCUT2D eigenvalue weighted by atomic mass is 10.1. The molecule has 0 fully saturated rings. The Hall–Kier alpha value is -0.830. The SMILES string of the molecule is C=C(C)C(=O)O.CC(C)CCCCCO. The Morgan fingerprint density at radius 2 is 1.73 bits per heavy atom. The number of unbranched alkanes of at least 4 members (excludes halogenated alkanes) is 2. The molecule has 0 bridgehead atoms. The minimum atomic E-state index is -0.935. The summed E-state index contributed by atoms with van der Waals surface area (Å²) in [5.74, 6) is -0.112. The summed E-state index contributed by atoms with van der Waals surface area (Å²) in [6.07, 6.45) is 4.75. The molecule has 3 nitrogen and oxygen atoms in total. The monoisotopic (exact) mass is 216 g/mol. The molecule has 0 heterocycles. The lowest BCUT2D eigenvalue weighted by Gasteiger charge is -2.01. The van der Waals surface area contributed by atoms with Crippen molar-refractivity contribution in [2.75, 3.05) is 6.61 Å². The molecule has 0 aromatic carbocycles. The molecular formula is C12H24O3. The van der Waals surface area contributed by atoms with Gasteiger partial charge in [0, 0.05) is 12.2 Å². The van der Waals surface area contributed by atoms with E-state index in [0.717, 1.165) is 12.3 Å². The molecule has 0 radical (unpaired) electrons. The third-order valence-electron chi connectivity index (χ3n) is 1.80. The highest BCUT2D eigenvalue weighted by Gasteiger charge is 1.92. The maximum absolute atomic E-state index is 9.60. The van der Waals surface area contributed by atoms with Gasteiger partial charge in [-0.05, 0) is 19.3 Å². The Morgan fingerprint density at radius 1 is 1.27 bits per heavy atom. The zero-order chi connectivity index (χ0) is 12.3. The van der Waals surface area contributed by atoms with E-state index >= 15 is 0 Å². The number of hydrogen-bond donors (Lipinski definition) is 2. The fourth-order valence-corrected chi connectivity index (χ4v) is 0.841. The van der Waals surface area contributed by atoms with Crippen LogP contribution in [0.3, 0.4) is 0 Å². The molecule has 0 amide bonds. The van der Waals surface area contributed by atoms with Crippen LogP contribution in [0.4, 0.5) is 0 Å². The van der Waals surface area contributed by atoms with E-state index in [1.807, 2.05) is 0 Å². The standard InChI is InChI=1S/C8H18O.C4H6O2/c1-8(2)6-4-3-5-7-9;1-3(2)4(5)6/h8-9H,3-7H2,1-2H3;1H2,2H3,(H,5,6). The molecule has 0 unspecified atom stereocenters. The lowest BCUT2D eigenvalue weighted by molar-refractivity contribution is -0.132. The van der Waals surface area contributed by atoms with Gasteiger partial charge in [-0.15, -0.1) is 0 Å². The van der Waals surface area contributed by atoms with Crippen molar-refractivity contribution >= 4 is 5.97 Å². The van der Waals surface area contributed by atoms with Crippen LogP contribution in [-0.2, 0) is 4.79 Å². The quantitative estimate of drug-likeness (QED) is 0.530. The van der Waals surface area contributed by atoms with Gasteiger partial charge in [0.25, 0.3) is 0 Å². The van der Waals surface area contributed by atoms with Crippen LogP contribution in [0.1, 0.15) is 46.5 Å². The maximum atomic E-state index is 9.60. The van der Waals surface area contributed by atoms with Crippen LogP contribution in [0.15, 0.2) is 12.2 Å². The van der Waals surface area contributed by atoms with Gasteiger partial charge >= 0.3 is 5.97 Å². The van der Waals surface area contributed by atoms with E-state index in [-0.39, 0.29) is 5.57 Å². The van der Waals surface area contributed by atoms with Crippen LogP contribution in [0, 0.1) is 5.92 Å². The molecule has 0 aliphatic carbocycles. The van der Waals surface area contributed by atoms with Crippen molar-refractivity contribution in [3.05, 3.63) is 12.2 Å². The predicted octanol–water partition coefficient (Wildman–Crippen LogP) is 2.84. The average Bonchev–Trinajstić information content (AvgIpc) is 2.13. The zero-order valence-corrected chi connectivity index (χ0v) is 10.1. The van der Waals surface area contributed by atoms with Crippen LogP contribution in [-0.4, -0.2) is 22.8 Å². The Balaban J connectivity index is 0. The predicted molar refractivity (Wildman–Crippen MR) is 62.8 cm³/mol. The molecule has 3 heteroatoms. The van der Waals surface area contributed by atoms with Crippen molar-refractivity contribution < 1.29 is 15.0 Å². The van der Waals surface area contributed by atoms with Crippen LogP contribution < -0.4 is 0 Å². The highest BCUT2D eigenvalue weighted by molar-refractivity contribution is 5.84. The first kappa shape index (κ1) is 16.6. The normalized spacial score (nSPS) is 9.40. The van der Waals surface area contributed by atoms with Gasteiger partial charge in [-0.2, -0.15) is 0 Å². The number of aliphatic hydroxyl groups is 1. The molecule has 90 valence electrons. The van der Waals surface area contributed by atoms with Crippen LogP contribution in [0.25, 0.3) is 0 Å². The van der Waals surface area contributed by atoms with Crippen molar-refractivity contribution in [3.8, 4) is 0 Å². The summed E-state index contributed by atoms with van der Waals surface area (Å²) in [7, 11) is 0. The molecule has 0 aromatic rings. The van der Waals surface area contributed by atoms with Crippen molar-refractivity contribution in [3.63, 3.8) is 0 Å². The molecule has 15 heavy (non-hydrogen) atoms. The second-order valence-electron chi connectivity index (χ2n) is 4.05. The number of carboxylic acids is 1. The summed E-state index contributed by atoms with van der Waals surface area (Å²) < 4.78 is 0. The summed E-state index contributed by atoms with van der Waals surface area (Å²) in [4.78, 5) is 9.60. The highest BCUT2D eigenvalue weighted by Crippen LogP contribution is 2.06. The van der Waals surface area contributed by atoms with Crippen molar-refractivity contribution in [1.82, 2.24) is 0 Å². The minimum absolute atomic E-state index is 0.176. The van der Waals surface area contributed by atoms with Crippen molar-refractivity contribution in [2.24, 2.45) is 5.92 Å². The molecule has 0 saturated heterocycles. The Kier molecular flexibility index (Phi) is 12.4. The van der Waals surface area contributed by atoms with Gasteiger partial charge < -0.3 is 10.2 Å². The van der Waals surface area contributed by atoms with E-state index in [1.165, 1.54) is 26.2 Å². The zero-order valence-electron chi connectivity index (χ0n) is 10.1. The number of carbonyl (C=O) groups is 1. The first-order chi connectivity index (χ1) is 6.91. The van der Waals surface area contributed by atoms with E-state index in [1.54, 1.807) is 0 Å². The molecule has 0 aromatic heterocycles. The smallest absolute Gasteiger partial charge is 0.330 e. The topological polar surface area (TPSA) is 57.5 Å². The summed E-state index contributed by atoms with van der Waals surface area (Å²) in [6, 6.07) is 0. The summed E-state index contributed by atoms with van der Waals surface area (Å²) in [5.41, 5.74) is 0.176. The van der Waals surface area contributed by atoms with E-state index in [9.17, 15) is 4.79 Å². The van der Waals surface area contributed by atoms with Crippen LogP contribution in [0.2, 0.25) is 0 Å². The van der Waals surface area contributed by atoms with Gasteiger partial charge in [-0.25, -0.2) is 4.79 Å². The number of rotatable bonds is 6. The largest absolute Gasteiger partial charge is 0.478 e. The van der Waals surface area contributed by atoms with Gasteiger partial charge in [0.05, 0.1) is 0 Å². The van der Waals surface area contributed by atoms with E-state index < -0.39 is 5.97 Å². The molecule has 2 N–H and O–H groups in total. The van der Waals surface area contributed by atoms with Crippen molar-refractivity contribution in [1.29, 1.82) is 0 Å². The Morgan fingerprint density at radius 3 is 2.00 bits per heavy atom. The van der Waals surface area contributed by atoms with E-state index in [4.69, 9.17) is 10.2 Å². The third-order valence-corrected chi connectivity index (χ3v) is 1.80. The van der Waals surface area contributed by atoms with Crippen LogP contribution in [0.5, 0.6) is 0 Å². The summed E-state index contributed by atoms with van der Waals surface area (Å²) in [6.45, 7) is 9.43. The number of hydrogen-bond acceptors (Lipinski definition) is 2. The Labute approximate surface area is 92.8 Å². The molecule has 0 aliphatic heterocycles. The fourth-order valence-electron chi connectivity index (χ4n) is 0.841. The number of aliphatic carboxylic acids is 1. The molecule has 0 spiro atoms. The average molecular weight is 216 g/mol. The third kappa shape index (κ3) is 19.5. The lowest BCUT2D eigenvalue weighted by Crippen LogP contribution is -1.92. The molecular weight excluding hydrogens is 192 g/mol. The molecule has 0 saturated carbocycles. The second kappa shape index (κ2) is 11.2. The summed E-state index contributed by atoms with van der Waals surface area (Å²) in [5, 5.41) is 16.3. The van der Waals surface area contributed by atoms with Gasteiger partial charge in [0.1, 0.15) is 0 Å². The second-order valence-corrected chi connectivity index (χ2v) is 4.05. The highest BCUT2D eigenvalue weighted by atomic mass is 16.4. The van der Waals surface area contributed by atoms with Crippen molar-refractivity contribution in [2.45, 2.75) is 46.5 Å². The van der Waals surface area contributed by atoms with E-state index in [0.29, 0.717) is 6.61 Å². The minimum Gasteiger partial charge on any atom is -0.478 e. The first-order valence-corrected chi connectivity index (χ1v) is 5.41. The number of carboxylic acid groups (broad SMARTS) is 1. The first-order valence-electron chi connectivity index (χ1n) is 5.41. The number of aliphatic hydroxyl groups excluding tert-OH is 1. The molecule has 0 rings (SSSR count). The summed E-state index contributed by atoms with van der Waals surface area (Å²) >= 11 is 0. The molecule has 0 aliphatic rings. The van der Waals surface area contributed by atoms with Gasteiger partial charge in [-0.3, -0.25) is 0 Å². The van der Waals surface area contributed by atoms with Gasteiger partial charge in [-0.1, -0.05) is 39.7 Å². The Bertz CT molecular complexity index is 162.